The van der Waals surface area contributed by atoms with Gasteiger partial charge in [-0.25, -0.2) is 22.5 Å². The molecule has 0 spiro atoms. The summed E-state index contributed by atoms with van der Waals surface area (Å²) in [4.78, 5) is 30.8. The molecule has 2 aromatic heterocycles. The molecule has 0 unspecified atom stereocenters. The van der Waals surface area contributed by atoms with Crippen molar-refractivity contribution in [3.05, 3.63) is 63.5 Å². The van der Waals surface area contributed by atoms with E-state index in [2.05, 4.69) is 4.98 Å². The molecule has 1 amide bonds. The minimum Gasteiger partial charge on any atom is -0.389 e. The van der Waals surface area contributed by atoms with Crippen LogP contribution in [-0.2, 0) is 0 Å². The number of aliphatic hydroxyl groups is 2. The SMILES string of the molecule is CC[C@@H](NC(=O)c1cn(-c2c(F)cc(F)cc2F)c2nc(N3C[C@@H](O)[C@@H](O)C3)c(F)cc2c1=O)C(F)(F)F. The van der Waals surface area contributed by atoms with Crippen molar-refractivity contribution in [1.29, 1.82) is 0 Å². The van der Waals surface area contributed by atoms with Gasteiger partial charge in [0.1, 0.15) is 23.1 Å². The summed E-state index contributed by atoms with van der Waals surface area (Å²) in [6, 6.07) is -1.26. The van der Waals surface area contributed by atoms with Crippen LogP contribution < -0.4 is 15.6 Å². The molecule has 0 radical (unpaired) electrons. The Morgan fingerprint density at radius 3 is 2.18 bits per heavy atom. The van der Waals surface area contributed by atoms with Crippen LogP contribution in [-0.4, -0.2) is 63.2 Å². The molecule has 3 atom stereocenters. The first-order valence-corrected chi connectivity index (χ1v) is 11.1. The molecule has 3 aromatic rings. The predicted octanol–water partition coefficient (Wildman–Crippen LogP) is 2.55. The summed E-state index contributed by atoms with van der Waals surface area (Å²) < 4.78 is 98.2. The average Bonchev–Trinajstić information content (AvgIpc) is 3.14. The van der Waals surface area contributed by atoms with E-state index in [-0.39, 0.29) is 25.2 Å². The number of rotatable bonds is 5. The number of amides is 1. The molecule has 204 valence electrons. The first-order chi connectivity index (χ1) is 17.7. The average molecular weight is 548 g/mol. The van der Waals surface area contributed by atoms with Gasteiger partial charge in [0.15, 0.2) is 28.9 Å². The van der Waals surface area contributed by atoms with Gasteiger partial charge in [-0.1, -0.05) is 6.92 Å². The molecule has 1 aliphatic heterocycles. The Bertz CT molecular complexity index is 1440. The van der Waals surface area contributed by atoms with E-state index in [0.717, 1.165) is 11.8 Å². The van der Waals surface area contributed by atoms with E-state index in [1.54, 1.807) is 5.32 Å². The molecular formula is C23H19F7N4O4. The van der Waals surface area contributed by atoms with Gasteiger partial charge in [0.05, 0.1) is 17.6 Å². The number of carbonyl (C=O) groups is 1. The number of β-amino-alcohol motifs (C(OH)–C–C–N with tert-alkyl or cyclic N) is 2. The van der Waals surface area contributed by atoms with E-state index in [1.165, 1.54) is 0 Å². The van der Waals surface area contributed by atoms with Crippen LogP contribution in [0.4, 0.5) is 36.6 Å². The smallest absolute Gasteiger partial charge is 0.389 e. The fourth-order valence-electron chi connectivity index (χ4n) is 4.13. The summed E-state index contributed by atoms with van der Waals surface area (Å²) in [5.41, 5.74) is -4.01. The van der Waals surface area contributed by atoms with Crippen LogP contribution in [0.5, 0.6) is 0 Å². The Morgan fingerprint density at radius 2 is 1.66 bits per heavy atom. The molecule has 3 heterocycles. The molecule has 0 saturated carbocycles. The molecule has 0 aliphatic carbocycles. The quantitative estimate of drug-likeness (QED) is 0.424. The standard InChI is InChI=1S/C23H19F7N4O4/c1-2-17(23(28,29)30)31-22(38)11-6-34(18-12(25)3-9(24)4-13(18)26)20-10(19(11)37)5-14(27)21(32-20)33-7-15(35)16(36)8-33/h3-6,15-17,35-36H,2,7-8H2,1H3,(H,31,38)/t15-,16+,17-/m1/s1. The minimum atomic E-state index is -4.89. The highest BCUT2D eigenvalue weighted by atomic mass is 19.4. The molecule has 8 nitrogen and oxygen atoms in total. The van der Waals surface area contributed by atoms with Crippen LogP contribution in [0, 0.1) is 23.3 Å². The minimum absolute atomic E-state index is 0.274. The maximum Gasteiger partial charge on any atom is 0.408 e. The van der Waals surface area contributed by atoms with Gasteiger partial charge in [0.25, 0.3) is 5.91 Å². The van der Waals surface area contributed by atoms with Crippen LogP contribution in [0.2, 0.25) is 0 Å². The number of carbonyl (C=O) groups excluding carboxylic acids is 1. The summed E-state index contributed by atoms with van der Waals surface area (Å²) >= 11 is 0. The second kappa shape index (κ2) is 9.87. The van der Waals surface area contributed by atoms with Gasteiger partial charge in [0, 0.05) is 31.4 Å². The van der Waals surface area contributed by atoms with Crippen LogP contribution in [0.25, 0.3) is 16.7 Å². The highest BCUT2D eigenvalue weighted by Crippen LogP contribution is 2.29. The molecule has 0 bridgehead atoms. The molecule has 1 fully saturated rings. The first-order valence-electron chi connectivity index (χ1n) is 11.1. The monoisotopic (exact) mass is 548 g/mol. The lowest BCUT2D eigenvalue weighted by atomic mass is 10.1. The third kappa shape index (κ3) is 4.90. The lowest BCUT2D eigenvalue weighted by Crippen LogP contribution is -2.46. The summed E-state index contributed by atoms with van der Waals surface area (Å²) in [7, 11) is 0. The van der Waals surface area contributed by atoms with Crippen molar-refractivity contribution >= 4 is 22.8 Å². The Morgan fingerprint density at radius 1 is 1.08 bits per heavy atom. The zero-order chi connectivity index (χ0) is 28.1. The number of halogens is 7. The number of hydrogen-bond donors (Lipinski definition) is 3. The van der Waals surface area contributed by atoms with Crippen LogP contribution in [0.15, 0.2) is 29.2 Å². The topological polar surface area (TPSA) is 108 Å². The lowest BCUT2D eigenvalue weighted by molar-refractivity contribution is -0.153. The fourth-order valence-corrected chi connectivity index (χ4v) is 4.13. The summed E-state index contributed by atoms with van der Waals surface area (Å²) in [5, 5.41) is 20.5. The van der Waals surface area contributed by atoms with Crippen molar-refractivity contribution in [2.75, 3.05) is 18.0 Å². The third-order valence-electron chi connectivity index (χ3n) is 6.05. The van der Waals surface area contributed by atoms with Gasteiger partial charge in [-0.3, -0.25) is 14.2 Å². The van der Waals surface area contributed by atoms with Crippen molar-refractivity contribution in [3.63, 3.8) is 0 Å². The van der Waals surface area contributed by atoms with Gasteiger partial charge in [-0.2, -0.15) is 13.2 Å². The largest absolute Gasteiger partial charge is 0.408 e. The van der Waals surface area contributed by atoms with Gasteiger partial charge < -0.3 is 20.4 Å². The highest BCUT2D eigenvalue weighted by Gasteiger charge is 2.40. The Hall–Kier alpha value is -3.72. The van der Waals surface area contributed by atoms with Gasteiger partial charge in [-0.15, -0.1) is 0 Å². The lowest BCUT2D eigenvalue weighted by Gasteiger charge is -2.21. The second-order valence-electron chi connectivity index (χ2n) is 8.64. The van der Waals surface area contributed by atoms with E-state index < -0.39 is 93.6 Å². The number of nitrogens with zero attached hydrogens (tertiary/aromatic N) is 3. The van der Waals surface area contributed by atoms with Crippen molar-refractivity contribution in [2.45, 2.75) is 37.8 Å². The van der Waals surface area contributed by atoms with Crippen molar-refractivity contribution in [2.24, 2.45) is 0 Å². The third-order valence-corrected chi connectivity index (χ3v) is 6.05. The molecule has 1 aromatic carbocycles. The van der Waals surface area contributed by atoms with Crippen LogP contribution in [0.1, 0.15) is 23.7 Å². The zero-order valence-corrected chi connectivity index (χ0v) is 19.4. The molecular weight excluding hydrogens is 529 g/mol. The van der Waals surface area contributed by atoms with Crippen LogP contribution in [0.3, 0.4) is 0 Å². The maximum absolute atomic E-state index is 15.0. The predicted molar refractivity (Wildman–Crippen MR) is 119 cm³/mol. The summed E-state index contributed by atoms with van der Waals surface area (Å²) in [5.74, 6) is -7.66. The normalized spacial score (nSPS) is 18.7. The van der Waals surface area contributed by atoms with E-state index in [4.69, 9.17) is 0 Å². The van der Waals surface area contributed by atoms with Crippen LogP contribution >= 0.6 is 0 Å². The molecule has 3 N–H and O–H groups in total. The number of hydrogen-bond acceptors (Lipinski definition) is 6. The van der Waals surface area contributed by atoms with Gasteiger partial charge in [0.2, 0.25) is 5.43 Å². The van der Waals surface area contributed by atoms with E-state index in [0.29, 0.717) is 16.8 Å². The second-order valence-corrected chi connectivity index (χ2v) is 8.64. The Kier molecular flexibility index (Phi) is 7.09. The molecule has 38 heavy (non-hydrogen) atoms. The first kappa shape index (κ1) is 27.3. The Labute approximate surface area is 208 Å². The number of pyridine rings is 2. The van der Waals surface area contributed by atoms with E-state index >= 15 is 4.39 Å². The summed E-state index contributed by atoms with van der Waals surface area (Å²) in [6.07, 6.45) is -7.54. The number of aromatic nitrogens is 2. The molecule has 1 aliphatic rings. The molecule has 4 rings (SSSR count). The van der Waals surface area contributed by atoms with Gasteiger partial charge >= 0.3 is 6.18 Å². The van der Waals surface area contributed by atoms with Crippen molar-refractivity contribution in [3.8, 4) is 5.69 Å². The van der Waals surface area contributed by atoms with Gasteiger partial charge in [-0.05, 0) is 12.5 Å². The fraction of sp³-hybridized carbons (Fsp3) is 0.348. The number of anilines is 1. The number of benzene rings is 1. The van der Waals surface area contributed by atoms with E-state index in [1.807, 2.05) is 0 Å². The summed E-state index contributed by atoms with van der Waals surface area (Å²) in [6.45, 7) is 0.528. The number of fused-ring (bicyclic) bond motifs is 1. The highest BCUT2D eigenvalue weighted by molar-refractivity contribution is 5.97. The number of alkyl halides is 3. The van der Waals surface area contributed by atoms with E-state index in [9.17, 15) is 46.1 Å². The van der Waals surface area contributed by atoms with Crippen molar-refractivity contribution in [1.82, 2.24) is 14.9 Å². The Balaban J connectivity index is 1.99. The molecule has 15 heteroatoms. The zero-order valence-electron chi connectivity index (χ0n) is 19.4. The number of aliphatic hydroxyl groups excluding tert-OH is 2. The molecule has 1 saturated heterocycles. The number of nitrogens with one attached hydrogen (secondary N) is 1. The van der Waals surface area contributed by atoms with Crippen molar-refractivity contribution < 1.29 is 45.7 Å². The maximum atomic E-state index is 15.0.